The number of rotatable bonds is 3. The highest BCUT2D eigenvalue weighted by Crippen LogP contribution is 2.30. The number of halogens is 3. The van der Waals surface area contributed by atoms with E-state index in [1.165, 1.54) is 12.1 Å². The van der Waals surface area contributed by atoms with Gasteiger partial charge in [0.05, 0.1) is 0 Å². The van der Waals surface area contributed by atoms with E-state index in [1.54, 1.807) is 12.1 Å². The molecule has 2 amide bonds. The minimum Gasteiger partial charge on any atom is -0.413 e. The second-order valence-corrected chi connectivity index (χ2v) is 3.82. The third kappa shape index (κ3) is 3.25. The summed E-state index contributed by atoms with van der Waals surface area (Å²) >= 11 is 0. The summed E-state index contributed by atoms with van der Waals surface area (Å²) < 4.78 is 41.5. The van der Waals surface area contributed by atoms with Gasteiger partial charge in [-0.3, -0.25) is 0 Å². The highest BCUT2D eigenvalue weighted by Gasteiger charge is 2.38. The van der Waals surface area contributed by atoms with Crippen LogP contribution in [-0.2, 0) is 12.7 Å². The molecule has 0 unspecified atom stereocenters. The molecule has 2 aromatic rings. The molecule has 0 fully saturated rings. The number of aromatic nitrogens is 2. The summed E-state index contributed by atoms with van der Waals surface area (Å²) in [5.41, 5.74) is 5.98. The van der Waals surface area contributed by atoms with Crippen LogP contribution >= 0.6 is 0 Å². The summed E-state index contributed by atoms with van der Waals surface area (Å²) in [5.74, 6) is -1.63. The normalized spacial score (nSPS) is 11.3. The summed E-state index contributed by atoms with van der Waals surface area (Å²) in [4.78, 5) is 10.5. The lowest BCUT2D eigenvalue weighted by Gasteiger charge is -2.02. The van der Waals surface area contributed by atoms with Crippen molar-refractivity contribution >= 4 is 6.03 Å². The number of alkyl halides is 3. The fraction of sp³-hybridized carbons (Fsp3) is 0.182. The fourth-order valence-corrected chi connectivity index (χ4v) is 1.41. The van der Waals surface area contributed by atoms with Gasteiger partial charge in [-0.05, 0) is 17.7 Å². The average Bonchev–Trinajstić information content (AvgIpc) is 2.86. The van der Waals surface area contributed by atoms with Crippen LogP contribution in [0.4, 0.5) is 18.0 Å². The van der Waals surface area contributed by atoms with Crippen molar-refractivity contribution in [3.05, 3.63) is 35.7 Å². The Morgan fingerprint density at radius 3 is 2.40 bits per heavy atom. The minimum atomic E-state index is -4.67. The van der Waals surface area contributed by atoms with E-state index in [0.29, 0.717) is 5.56 Å². The van der Waals surface area contributed by atoms with Gasteiger partial charge in [0.1, 0.15) is 0 Å². The van der Waals surface area contributed by atoms with E-state index in [9.17, 15) is 18.0 Å². The predicted octanol–water partition coefficient (Wildman–Crippen LogP) is 1.92. The van der Waals surface area contributed by atoms with Crippen LogP contribution in [0.25, 0.3) is 11.5 Å². The molecule has 3 N–H and O–H groups in total. The number of hydrogen-bond acceptors (Lipinski definition) is 4. The molecule has 0 spiro atoms. The lowest BCUT2D eigenvalue weighted by Crippen LogP contribution is -2.28. The molecule has 0 aliphatic rings. The molecule has 6 nitrogen and oxygen atoms in total. The molecule has 1 heterocycles. The topological polar surface area (TPSA) is 94.0 Å². The first kappa shape index (κ1) is 13.8. The highest BCUT2D eigenvalue weighted by molar-refractivity contribution is 5.71. The first-order valence-electron chi connectivity index (χ1n) is 5.39. The molecule has 1 aromatic heterocycles. The summed E-state index contributed by atoms with van der Waals surface area (Å²) in [6.45, 7) is 0.216. The van der Waals surface area contributed by atoms with Crippen LogP contribution in [0.5, 0.6) is 0 Å². The van der Waals surface area contributed by atoms with Gasteiger partial charge in [-0.15, -0.1) is 10.2 Å². The van der Waals surface area contributed by atoms with Gasteiger partial charge in [0.15, 0.2) is 0 Å². The maximum absolute atomic E-state index is 12.3. The summed E-state index contributed by atoms with van der Waals surface area (Å²) in [7, 11) is 0. The predicted molar refractivity (Wildman–Crippen MR) is 61.2 cm³/mol. The van der Waals surface area contributed by atoms with Crippen LogP contribution < -0.4 is 11.1 Å². The number of benzene rings is 1. The third-order valence-corrected chi connectivity index (χ3v) is 2.34. The smallest absolute Gasteiger partial charge is 0.413 e. The molecule has 1 aromatic carbocycles. The number of carbonyl (C=O) groups is 1. The molecular formula is C11H9F3N4O2. The van der Waals surface area contributed by atoms with Crippen molar-refractivity contribution < 1.29 is 22.4 Å². The average molecular weight is 286 g/mol. The van der Waals surface area contributed by atoms with E-state index in [1.807, 2.05) is 0 Å². The molecule has 0 atom stereocenters. The molecule has 9 heteroatoms. The van der Waals surface area contributed by atoms with Crippen molar-refractivity contribution in [2.24, 2.45) is 5.73 Å². The largest absolute Gasteiger partial charge is 0.470 e. The van der Waals surface area contributed by atoms with Crippen molar-refractivity contribution in [3.8, 4) is 11.5 Å². The maximum Gasteiger partial charge on any atom is 0.470 e. The zero-order valence-electron chi connectivity index (χ0n) is 9.94. The lowest BCUT2D eigenvalue weighted by molar-refractivity contribution is -0.156. The number of carbonyl (C=O) groups excluding carboxylic acids is 1. The number of nitrogens with one attached hydrogen (secondary N) is 1. The number of urea groups is 1. The van der Waals surface area contributed by atoms with Gasteiger partial charge in [-0.2, -0.15) is 13.2 Å². The monoisotopic (exact) mass is 286 g/mol. The first-order valence-corrected chi connectivity index (χ1v) is 5.39. The van der Waals surface area contributed by atoms with Crippen LogP contribution in [0, 0.1) is 0 Å². The van der Waals surface area contributed by atoms with E-state index >= 15 is 0 Å². The molecule has 20 heavy (non-hydrogen) atoms. The number of nitrogens with two attached hydrogens (primary N) is 1. The zero-order chi connectivity index (χ0) is 14.8. The van der Waals surface area contributed by atoms with E-state index in [0.717, 1.165) is 5.56 Å². The van der Waals surface area contributed by atoms with E-state index in [2.05, 4.69) is 19.9 Å². The Kier molecular flexibility index (Phi) is 3.59. The number of hydrogen-bond donors (Lipinski definition) is 2. The molecule has 2 rings (SSSR count). The Morgan fingerprint density at radius 1 is 1.25 bits per heavy atom. The summed E-state index contributed by atoms with van der Waals surface area (Å²) in [6, 6.07) is 5.55. The molecule has 106 valence electrons. The van der Waals surface area contributed by atoms with Crippen LogP contribution in [0.15, 0.2) is 28.7 Å². The molecule has 0 aliphatic heterocycles. The van der Waals surface area contributed by atoms with Crippen LogP contribution in [0.1, 0.15) is 11.5 Å². The van der Waals surface area contributed by atoms with Crippen molar-refractivity contribution in [1.29, 1.82) is 0 Å². The van der Waals surface area contributed by atoms with E-state index in [4.69, 9.17) is 5.73 Å². The number of primary amides is 1. The Labute approximate surface area is 110 Å². The number of amides is 2. The van der Waals surface area contributed by atoms with Gasteiger partial charge in [0, 0.05) is 12.1 Å². The van der Waals surface area contributed by atoms with Crippen molar-refractivity contribution in [3.63, 3.8) is 0 Å². The Morgan fingerprint density at radius 2 is 1.90 bits per heavy atom. The third-order valence-electron chi connectivity index (χ3n) is 2.34. The minimum absolute atomic E-state index is 0.216. The standard InChI is InChI=1S/C11H9F3N4O2/c12-11(13,14)9-18-17-8(20-9)7-3-1-6(2-4-7)5-16-10(15)19/h1-4H,5H2,(H3,15,16,19). The molecule has 0 saturated heterocycles. The molecule has 0 radical (unpaired) electrons. The van der Waals surface area contributed by atoms with Gasteiger partial charge in [0.25, 0.3) is 0 Å². The van der Waals surface area contributed by atoms with Crippen molar-refractivity contribution in [2.75, 3.05) is 0 Å². The van der Waals surface area contributed by atoms with Gasteiger partial charge in [-0.1, -0.05) is 12.1 Å². The van der Waals surface area contributed by atoms with E-state index in [-0.39, 0.29) is 12.4 Å². The van der Waals surface area contributed by atoms with Crippen molar-refractivity contribution in [2.45, 2.75) is 12.7 Å². The zero-order valence-corrected chi connectivity index (χ0v) is 9.94. The van der Waals surface area contributed by atoms with Gasteiger partial charge >= 0.3 is 18.1 Å². The summed E-state index contributed by atoms with van der Waals surface area (Å²) in [6.07, 6.45) is -4.67. The Balaban J connectivity index is 2.14. The quantitative estimate of drug-likeness (QED) is 0.901. The first-order chi connectivity index (χ1) is 9.36. The van der Waals surface area contributed by atoms with E-state index < -0.39 is 18.1 Å². The van der Waals surface area contributed by atoms with Crippen molar-refractivity contribution in [1.82, 2.24) is 15.5 Å². The van der Waals surface area contributed by atoms with Gasteiger partial charge in [-0.25, -0.2) is 4.79 Å². The molecule has 0 saturated carbocycles. The second kappa shape index (κ2) is 5.19. The highest BCUT2D eigenvalue weighted by atomic mass is 19.4. The fourth-order valence-electron chi connectivity index (χ4n) is 1.41. The molecular weight excluding hydrogens is 277 g/mol. The molecule has 0 bridgehead atoms. The maximum atomic E-state index is 12.3. The molecule has 0 aliphatic carbocycles. The van der Waals surface area contributed by atoms with Crippen LogP contribution in [0.2, 0.25) is 0 Å². The number of nitrogens with zero attached hydrogens (tertiary/aromatic N) is 2. The van der Waals surface area contributed by atoms with Crippen LogP contribution in [-0.4, -0.2) is 16.2 Å². The Bertz CT molecular complexity index is 607. The van der Waals surface area contributed by atoms with Gasteiger partial charge in [0.2, 0.25) is 5.89 Å². The van der Waals surface area contributed by atoms with Gasteiger partial charge < -0.3 is 15.5 Å². The second-order valence-electron chi connectivity index (χ2n) is 3.82. The van der Waals surface area contributed by atoms with Crippen LogP contribution in [0.3, 0.4) is 0 Å². The lowest BCUT2D eigenvalue weighted by atomic mass is 10.1. The summed E-state index contributed by atoms with van der Waals surface area (Å²) in [5, 5.41) is 8.64. The SMILES string of the molecule is NC(=O)NCc1ccc(-c2nnc(C(F)(F)F)o2)cc1. The Hall–Kier alpha value is -2.58.